The van der Waals surface area contributed by atoms with E-state index in [1.807, 2.05) is 44.2 Å². The molecule has 0 aromatic heterocycles. The van der Waals surface area contributed by atoms with Gasteiger partial charge in [0.15, 0.2) is 0 Å². The summed E-state index contributed by atoms with van der Waals surface area (Å²) in [6, 6.07) is 11.0. The second kappa shape index (κ2) is 7.06. The highest BCUT2D eigenvalue weighted by Gasteiger charge is 2.21. The second-order valence-electron chi connectivity index (χ2n) is 5.39. The van der Waals surface area contributed by atoms with Crippen LogP contribution < -0.4 is 5.32 Å². The third-order valence-electron chi connectivity index (χ3n) is 3.58. The fourth-order valence-electron chi connectivity index (χ4n) is 2.66. The van der Waals surface area contributed by atoms with Crippen molar-refractivity contribution in [2.24, 2.45) is 0 Å². The average Bonchev–Trinajstić information content (AvgIpc) is 2.42. The van der Waals surface area contributed by atoms with Crippen LogP contribution in [-0.2, 0) is 0 Å². The number of hydrogen-bond acceptors (Lipinski definition) is 1. The van der Waals surface area contributed by atoms with Gasteiger partial charge in [-0.1, -0.05) is 42.8 Å². The molecule has 2 aromatic rings. The molecule has 112 valence electrons. The maximum absolute atomic E-state index is 14.5. The minimum Gasteiger partial charge on any atom is -0.306 e. The molecular formula is C18H21ClFN. The van der Waals surface area contributed by atoms with Crippen LogP contribution in [0.5, 0.6) is 0 Å². The normalized spacial score (nSPS) is 12.4. The first-order valence-electron chi connectivity index (χ1n) is 7.29. The Morgan fingerprint density at radius 3 is 2.52 bits per heavy atom. The van der Waals surface area contributed by atoms with Gasteiger partial charge in [-0.05, 0) is 55.6 Å². The summed E-state index contributed by atoms with van der Waals surface area (Å²) >= 11 is 6.32. The van der Waals surface area contributed by atoms with Crippen molar-refractivity contribution in [3.05, 3.63) is 69.5 Å². The third-order valence-corrected chi connectivity index (χ3v) is 3.93. The predicted octanol–water partition coefficient (Wildman–Crippen LogP) is 5.18. The van der Waals surface area contributed by atoms with Gasteiger partial charge in [0.05, 0.1) is 6.04 Å². The van der Waals surface area contributed by atoms with Crippen LogP contribution in [-0.4, -0.2) is 6.54 Å². The molecule has 2 rings (SSSR count). The number of hydrogen-bond donors (Lipinski definition) is 1. The van der Waals surface area contributed by atoms with Crippen LogP contribution in [0.3, 0.4) is 0 Å². The van der Waals surface area contributed by atoms with Crippen LogP contribution in [0.4, 0.5) is 4.39 Å². The minimum absolute atomic E-state index is 0.180. The van der Waals surface area contributed by atoms with Crippen LogP contribution in [0.2, 0.25) is 5.02 Å². The van der Waals surface area contributed by atoms with E-state index in [1.165, 1.54) is 0 Å². The van der Waals surface area contributed by atoms with E-state index >= 15 is 0 Å². The lowest BCUT2D eigenvalue weighted by atomic mass is 9.93. The summed E-state index contributed by atoms with van der Waals surface area (Å²) in [5.74, 6) is -0.180. The van der Waals surface area contributed by atoms with E-state index in [4.69, 9.17) is 11.6 Å². The third kappa shape index (κ3) is 3.63. The zero-order chi connectivity index (χ0) is 15.4. The highest BCUT2D eigenvalue weighted by molar-refractivity contribution is 6.31. The first kappa shape index (κ1) is 16.0. The first-order chi connectivity index (χ1) is 10.0. The zero-order valence-electron chi connectivity index (χ0n) is 12.7. The SMILES string of the molecule is CCCNC(c1ccccc1Cl)c1c(C)cc(C)cc1F. The van der Waals surface area contributed by atoms with Crippen molar-refractivity contribution in [1.82, 2.24) is 5.32 Å². The Kier molecular flexibility index (Phi) is 5.38. The summed E-state index contributed by atoms with van der Waals surface area (Å²) < 4.78 is 14.5. The fraction of sp³-hybridized carbons (Fsp3) is 0.333. The molecule has 0 aliphatic heterocycles. The molecule has 1 N–H and O–H groups in total. The molecule has 0 aliphatic carbocycles. The Morgan fingerprint density at radius 1 is 1.19 bits per heavy atom. The molecule has 1 nitrogen and oxygen atoms in total. The molecule has 0 fully saturated rings. The molecule has 0 aliphatic rings. The lowest BCUT2D eigenvalue weighted by Gasteiger charge is -2.23. The summed E-state index contributed by atoms with van der Waals surface area (Å²) in [5.41, 5.74) is 3.48. The smallest absolute Gasteiger partial charge is 0.128 e. The van der Waals surface area contributed by atoms with Gasteiger partial charge >= 0.3 is 0 Å². The molecule has 1 atom stereocenters. The Morgan fingerprint density at radius 2 is 1.90 bits per heavy atom. The molecule has 0 saturated carbocycles. The molecule has 0 amide bonds. The van der Waals surface area contributed by atoms with Crippen LogP contribution in [0.1, 0.15) is 41.6 Å². The van der Waals surface area contributed by atoms with Crippen molar-refractivity contribution >= 4 is 11.6 Å². The molecule has 0 saturated heterocycles. The first-order valence-corrected chi connectivity index (χ1v) is 7.66. The predicted molar refractivity (Wildman–Crippen MR) is 87.5 cm³/mol. The van der Waals surface area contributed by atoms with Crippen molar-refractivity contribution < 1.29 is 4.39 Å². The van der Waals surface area contributed by atoms with Crippen molar-refractivity contribution in [3.63, 3.8) is 0 Å². The molecular weight excluding hydrogens is 285 g/mol. The maximum atomic E-state index is 14.5. The Labute approximate surface area is 131 Å². The van der Waals surface area contributed by atoms with Gasteiger partial charge in [0.1, 0.15) is 5.82 Å². The van der Waals surface area contributed by atoms with Crippen LogP contribution >= 0.6 is 11.6 Å². The van der Waals surface area contributed by atoms with Crippen molar-refractivity contribution in [2.45, 2.75) is 33.2 Å². The average molecular weight is 306 g/mol. The summed E-state index contributed by atoms with van der Waals surface area (Å²) in [6.45, 7) is 6.75. The van der Waals surface area contributed by atoms with Gasteiger partial charge in [-0.25, -0.2) is 4.39 Å². The van der Waals surface area contributed by atoms with Gasteiger partial charge < -0.3 is 5.32 Å². The molecule has 1 unspecified atom stereocenters. The number of rotatable bonds is 5. The minimum atomic E-state index is -0.223. The van der Waals surface area contributed by atoms with E-state index in [9.17, 15) is 4.39 Å². The molecule has 0 heterocycles. The van der Waals surface area contributed by atoms with Crippen molar-refractivity contribution in [2.75, 3.05) is 6.54 Å². The number of aryl methyl sites for hydroxylation is 2. The second-order valence-corrected chi connectivity index (χ2v) is 5.79. The van der Waals surface area contributed by atoms with E-state index in [1.54, 1.807) is 6.07 Å². The van der Waals surface area contributed by atoms with E-state index in [2.05, 4.69) is 12.2 Å². The largest absolute Gasteiger partial charge is 0.306 e. The summed E-state index contributed by atoms with van der Waals surface area (Å²) in [7, 11) is 0. The lowest BCUT2D eigenvalue weighted by Crippen LogP contribution is -2.25. The quantitative estimate of drug-likeness (QED) is 0.802. The highest BCUT2D eigenvalue weighted by Crippen LogP contribution is 2.32. The topological polar surface area (TPSA) is 12.0 Å². The van der Waals surface area contributed by atoms with Gasteiger partial charge in [-0.15, -0.1) is 0 Å². The van der Waals surface area contributed by atoms with Crippen molar-refractivity contribution in [3.8, 4) is 0 Å². The summed E-state index contributed by atoms with van der Waals surface area (Å²) in [4.78, 5) is 0. The van der Waals surface area contributed by atoms with E-state index in [0.717, 1.165) is 29.7 Å². The van der Waals surface area contributed by atoms with Crippen LogP contribution in [0.15, 0.2) is 36.4 Å². The molecule has 0 spiro atoms. The summed E-state index contributed by atoms with van der Waals surface area (Å²) in [5, 5.41) is 4.08. The summed E-state index contributed by atoms with van der Waals surface area (Å²) in [6.07, 6.45) is 0.980. The van der Waals surface area contributed by atoms with E-state index < -0.39 is 0 Å². The molecule has 0 radical (unpaired) electrons. The fourth-order valence-corrected chi connectivity index (χ4v) is 2.90. The van der Waals surface area contributed by atoms with Gasteiger partial charge in [0.2, 0.25) is 0 Å². The Hall–Kier alpha value is -1.38. The van der Waals surface area contributed by atoms with E-state index in [0.29, 0.717) is 10.6 Å². The monoisotopic (exact) mass is 305 g/mol. The number of halogens is 2. The molecule has 0 bridgehead atoms. The van der Waals surface area contributed by atoms with Crippen LogP contribution in [0.25, 0.3) is 0 Å². The Bertz CT molecular complexity index is 601. The van der Waals surface area contributed by atoms with E-state index in [-0.39, 0.29) is 11.9 Å². The van der Waals surface area contributed by atoms with Gasteiger partial charge in [0, 0.05) is 10.6 Å². The molecule has 3 heteroatoms. The van der Waals surface area contributed by atoms with Crippen molar-refractivity contribution in [1.29, 1.82) is 0 Å². The number of benzene rings is 2. The molecule has 2 aromatic carbocycles. The standard InChI is InChI=1S/C18H21ClFN/c1-4-9-21-18(14-7-5-6-8-15(14)19)17-13(3)10-12(2)11-16(17)20/h5-8,10-11,18,21H,4,9H2,1-3H3. The van der Waals surface area contributed by atoms with Gasteiger partial charge in [0.25, 0.3) is 0 Å². The van der Waals surface area contributed by atoms with Crippen LogP contribution in [0, 0.1) is 19.7 Å². The highest BCUT2D eigenvalue weighted by atomic mass is 35.5. The number of nitrogens with one attached hydrogen (secondary N) is 1. The zero-order valence-corrected chi connectivity index (χ0v) is 13.5. The Balaban J connectivity index is 2.54. The maximum Gasteiger partial charge on any atom is 0.128 e. The molecule has 21 heavy (non-hydrogen) atoms. The lowest BCUT2D eigenvalue weighted by molar-refractivity contribution is 0.543. The van der Waals surface area contributed by atoms with Gasteiger partial charge in [-0.3, -0.25) is 0 Å². The van der Waals surface area contributed by atoms with Gasteiger partial charge in [-0.2, -0.15) is 0 Å².